The Bertz CT molecular complexity index is 997. The van der Waals surface area contributed by atoms with Crippen LogP contribution in [0.25, 0.3) is 11.0 Å². The fraction of sp³-hybridized carbons (Fsp3) is 0.412. The summed E-state index contributed by atoms with van der Waals surface area (Å²) in [6.07, 6.45) is -1.12. The minimum atomic E-state index is -2.64. The van der Waals surface area contributed by atoms with E-state index in [4.69, 9.17) is 11.6 Å². The van der Waals surface area contributed by atoms with E-state index < -0.39 is 6.43 Å². The summed E-state index contributed by atoms with van der Waals surface area (Å²) in [5, 5.41) is 11.8. The topological polar surface area (TPSA) is 77.6 Å². The van der Waals surface area contributed by atoms with Crippen molar-refractivity contribution in [1.29, 1.82) is 0 Å². The molecular weight excluding hydrogens is 378 g/mol. The maximum Gasteiger partial charge on any atom is 0.264 e. The molecule has 0 aliphatic rings. The van der Waals surface area contributed by atoms with Crippen LogP contribution in [0.1, 0.15) is 36.0 Å². The molecule has 0 spiro atoms. The third-order valence-corrected chi connectivity index (χ3v) is 4.53. The van der Waals surface area contributed by atoms with Crippen molar-refractivity contribution < 1.29 is 13.6 Å². The molecule has 3 aromatic rings. The van der Waals surface area contributed by atoms with Crippen molar-refractivity contribution in [3.05, 3.63) is 39.9 Å². The lowest BCUT2D eigenvalue weighted by molar-refractivity contribution is -0.122. The van der Waals surface area contributed by atoms with Crippen molar-refractivity contribution >= 4 is 28.5 Å². The molecule has 7 nitrogen and oxygen atoms in total. The Morgan fingerprint density at radius 2 is 2.07 bits per heavy atom. The lowest BCUT2D eigenvalue weighted by Crippen LogP contribution is -2.28. The smallest absolute Gasteiger partial charge is 0.264 e. The van der Waals surface area contributed by atoms with E-state index in [0.29, 0.717) is 28.6 Å². The molecule has 27 heavy (non-hydrogen) atoms. The van der Waals surface area contributed by atoms with Crippen LogP contribution in [-0.4, -0.2) is 30.5 Å². The maximum absolute atomic E-state index is 13.4. The number of aromatic nitrogens is 5. The molecule has 0 radical (unpaired) electrons. The zero-order chi connectivity index (χ0) is 19.7. The van der Waals surface area contributed by atoms with E-state index in [2.05, 4.69) is 20.5 Å². The molecule has 10 heteroatoms. The van der Waals surface area contributed by atoms with E-state index in [1.54, 1.807) is 18.5 Å². The summed E-state index contributed by atoms with van der Waals surface area (Å²) in [5.41, 5.74) is 1.70. The lowest BCUT2D eigenvalue weighted by Gasteiger charge is -2.09. The number of hydrogen-bond acceptors (Lipinski definition) is 4. The molecule has 3 rings (SSSR count). The summed E-state index contributed by atoms with van der Waals surface area (Å²) in [5.74, 6) is -0.332. The standard InChI is InChI=1S/C17H19ClF2N6O/c1-4-25-13(12(18)6-22-25)7-21-14(27)8-26-17-15(10(3)24-26)11(16(19)20)5-9(2)23-17/h5-6,16H,4,7-8H2,1-3H3,(H,21,27). The Morgan fingerprint density at radius 1 is 1.33 bits per heavy atom. The zero-order valence-electron chi connectivity index (χ0n) is 15.1. The van der Waals surface area contributed by atoms with Crippen LogP contribution in [0.5, 0.6) is 0 Å². The van der Waals surface area contributed by atoms with Crippen LogP contribution in [0.2, 0.25) is 5.02 Å². The first-order chi connectivity index (χ1) is 12.8. The minimum Gasteiger partial charge on any atom is -0.349 e. The highest BCUT2D eigenvalue weighted by atomic mass is 35.5. The SMILES string of the molecule is CCn1ncc(Cl)c1CNC(=O)Cn1nc(C)c2c(C(F)F)cc(C)nc21. The van der Waals surface area contributed by atoms with Crippen molar-refractivity contribution in [2.75, 3.05) is 0 Å². The monoisotopic (exact) mass is 396 g/mol. The van der Waals surface area contributed by atoms with Crippen molar-refractivity contribution in [3.63, 3.8) is 0 Å². The Hall–Kier alpha value is -2.55. The van der Waals surface area contributed by atoms with Gasteiger partial charge in [-0.15, -0.1) is 0 Å². The summed E-state index contributed by atoms with van der Waals surface area (Å²) in [6.45, 7) is 5.87. The summed E-state index contributed by atoms with van der Waals surface area (Å²) in [6, 6.07) is 1.35. The summed E-state index contributed by atoms with van der Waals surface area (Å²) in [4.78, 5) is 16.7. The number of halogens is 3. The summed E-state index contributed by atoms with van der Waals surface area (Å²) >= 11 is 6.08. The zero-order valence-corrected chi connectivity index (χ0v) is 15.9. The van der Waals surface area contributed by atoms with Gasteiger partial charge in [-0.05, 0) is 26.8 Å². The van der Waals surface area contributed by atoms with E-state index in [0.717, 1.165) is 0 Å². The van der Waals surface area contributed by atoms with E-state index in [9.17, 15) is 13.6 Å². The van der Waals surface area contributed by atoms with E-state index in [1.165, 1.54) is 16.9 Å². The Kier molecular flexibility index (Phi) is 5.41. The third kappa shape index (κ3) is 3.78. The highest BCUT2D eigenvalue weighted by Crippen LogP contribution is 2.29. The van der Waals surface area contributed by atoms with Gasteiger partial charge in [-0.1, -0.05) is 11.6 Å². The molecule has 3 heterocycles. The molecule has 0 saturated carbocycles. The molecule has 0 fully saturated rings. The van der Waals surface area contributed by atoms with Gasteiger partial charge in [-0.2, -0.15) is 10.2 Å². The molecule has 3 aromatic heterocycles. The minimum absolute atomic E-state index is 0.125. The second-order valence-corrected chi connectivity index (χ2v) is 6.53. The molecular formula is C17H19ClF2N6O. The average Bonchev–Trinajstić information content (AvgIpc) is 3.12. The van der Waals surface area contributed by atoms with Crippen LogP contribution in [-0.2, 0) is 24.4 Å². The van der Waals surface area contributed by atoms with E-state index >= 15 is 0 Å². The van der Waals surface area contributed by atoms with Crippen LogP contribution < -0.4 is 5.32 Å². The van der Waals surface area contributed by atoms with Gasteiger partial charge < -0.3 is 5.32 Å². The van der Waals surface area contributed by atoms with Gasteiger partial charge in [0.25, 0.3) is 6.43 Å². The number of alkyl halides is 2. The van der Waals surface area contributed by atoms with Crippen LogP contribution in [0.3, 0.4) is 0 Å². The highest BCUT2D eigenvalue weighted by Gasteiger charge is 2.20. The number of carbonyl (C=O) groups excluding carboxylic acids is 1. The number of carbonyl (C=O) groups is 1. The van der Waals surface area contributed by atoms with Gasteiger partial charge in [0.2, 0.25) is 5.91 Å². The number of hydrogen-bond donors (Lipinski definition) is 1. The van der Waals surface area contributed by atoms with Crippen molar-refractivity contribution in [2.24, 2.45) is 0 Å². The lowest BCUT2D eigenvalue weighted by atomic mass is 10.1. The van der Waals surface area contributed by atoms with Crippen molar-refractivity contribution in [2.45, 2.75) is 46.8 Å². The number of nitrogens with one attached hydrogen (secondary N) is 1. The van der Waals surface area contributed by atoms with Gasteiger partial charge in [0.05, 0.1) is 34.5 Å². The van der Waals surface area contributed by atoms with Gasteiger partial charge in [-0.3, -0.25) is 9.48 Å². The van der Waals surface area contributed by atoms with Crippen LogP contribution in [0, 0.1) is 13.8 Å². The van der Waals surface area contributed by atoms with Crippen molar-refractivity contribution in [3.8, 4) is 0 Å². The van der Waals surface area contributed by atoms with Gasteiger partial charge in [0.1, 0.15) is 6.54 Å². The molecule has 0 saturated heterocycles. The molecule has 0 aromatic carbocycles. The Labute approximate surface area is 159 Å². The Balaban J connectivity index is 1.82. The number of pyridine rings is 1. The second kappa shape index (κ2) is 7.59. The first kappa shape index (κ1) is 19.2. The molecule has 0 unspecified atom stereocenters. The molecule has 0 atom stereocenters. The first-order valence-electron chi connectivity index (χ1n) is 8.41. The highest BCUT2D eigenvalue weighted by molar-refractivity contribution is 6.31. The average molecular weight is 397 g/mol. The number of nitrogens with zero attached hydrogens (tertiary/aromatic N) is 5. The van der Waals surface area contributed by atoms with E-state index in [-0.39, 0.29) is 35.6 Å². The predicted octanol–water partition coefficient (Wildman–Crippen LogP) is 3.17. The van der Waals surface area contributed by atoms with Crippen molar-refractivity contribution in [1.82, 2.24) is 29.9 Å². The van der Waals surface area contributed by atoms with Gasteiger partial charge in [-0.25, -0.2) is 18.4 Å². The molecule has 144 valence electrons. The molecule has 0 aliphatic carbocycles. The number of aryl methyl sites for hydroxylation is 3. The normalized spacial score (nSPS) is 11.5. The maximum atomic E-state index is 13.4. The first-order valence-corrected chi connectivity index (χ1v) is 8.79. The van der Waals surface area contributed by atoms with E-state index in [1.807, 2.05) is 6.92 Å². The predicted molar refractivity (Wildman–Crippen MR) is 96.7 cm³/mol. The fourth-order valence-electron chi connectivity index (χ4n) is 3.01. The number of rotatable bonds is 6. The molecule has 0 bridgehead atoms. The second-order valence-electron chi connectivity index (χ2n) is 6.13. The Morgan fingerprint density at radius 3 is 2.74 bits per heavy atom. The molecule has 1 N–H and O–H groups in total. The van der Waals surface area contributed by atoms with Gasteiger partial charge >= 0.3 is 0 Å². The molecule has 1 amide bonds. The van der Waals surface area contributed by atoms with Crippen LogP contribution >= 0.6 is 11.6 Å². The van der Waals surface area contributed by atoms with Crippen LogP contribution in [0.15, 0.2) is 12.3 Å². The third-order valence-electron chi connectivity index (χ3n) is 4.21. The molecule has 0 aliphatic heterocycles. The van der Waals surface area contributed by atoms with Gasteiger partial charge in [0.15, 0.2) is 5.65 Å². The quantitative estimate of drug-likeness (QED) is 0.694. The number of fused-ring (bicyclic) bond motifs is 1. The number of amides is 1. The fourth-order valence-corrected chi connectivity index (χ4v) is 3.22. The summed E-state index contributed by atoms with van der Waals surface area (Å²) < 4.78 is 29.7. The van der Waals surface area contributed by atoms with Gasteiger partial charge in [0, 0.05) is 17.8 Å². The summed E-state index contributed by atoms with van der Waals surface area (Å²) in [7, 11) is 0. The largest absolute Gasteiger partial charge is 0.349 e. The van der Waals surface area contributed by atoms with Crippen LogP contribution in [0.4, 0.5) is 8.78 Å².